The highest BCUT2D eigenvalue weighted by atomic mass is 79.9. The minimum absolute atomic E-state index is 0.0658. The van der Waals surface area contributed by atoms with Gasteiger partial charge >= 0.3 is 0 Å². The molecule has 3 aromatic rings. The van der Waals surface area contributed by atoms with Crippen molar-refractivity contribution in [2.45, 2.75) is 13.0 Å². The molecule has 6 heteroatoms. The molecule has 0 atom stereocenters. The van der Waals surface area contributed by atoms with E-state index in [9.17, 15) is 0 Å². The van der Waals surface area contributed by atoms with E-state index in [4.69, 9.17) is 17.0 Å². The third kappa shape index (κ3) is 5.80. The topological polar surface area (TPSA) is 33.3 Å². The van der Waals surface area contributed by atoms with E-state index in [1.807, 2.05) is 55.5 Å². The van der Waals surface area contributed by atoms with Crippen LogP contribution in [-0.4, -0.2) is 11.7 Å². The third-order valence-corrected chi connectivity index (χ3v) is 5.38. The van der Waals surface area contributed by atoms with Gasteiger partial charge in [0.15, 0.2) is 5.11 Å². The van der Waals surface area contributed by atoms with E-state index in [1.165, 1.54) is 0 Å². The summed E-state index contributed by atoms with van der Waals surface area (Å²) in [5, 5.41) is 7.24. The smallest absolute Gasteiger partial charge is 0.171 e. The summed E-state index contributed by atoms with van der Waals surface area (Å²) < 4.78 is 7.57. The molecule has 0 amide bonds. The largest absolute Gasteiger partial charge is 0.494 e. The van der Waals surface area contributed by atoms with Crippen LogP contribution < -0.4 is 15.4 Å². The second-order valence-corrected chi connectivity index (χ2v) is 8.33. The molecule has 0 fully saturated rings. The Morgan fingerprint density at radius 2 is 1.36 bits per heavy atom. The average Bonchev–Trinajstić information content (AvgIpc) is 2.69. The van der Waals surface area contributed by atoms with Gasteiger partial charge < -0.3 is 15.4 Å². The van der Waals surface area contributed by atoms with E-state index < -0.39 is 0 Å². The molecule has 0 unspecified atom stereocenters. The van der Waals surface area contributed by atoms with Crippen molar-refractivity contribution in [1.82, 2.24) is 5.32 Å². The molecule has 0 heterocycles. The van der Waals surface area contributed by atoms with Crippen molar-refractivity contribution in [2.24, 2.45) is 0 Å². The normalized spacial score (nSPS) is 10.6. The molecule has 0 radical (unpaired) electrons. The molecule has 2 N–H and O–H groups in total. The summed E-state index contributed by atoms with van der Waals surface area (Å²) in [6, 6.07) is 24.2. The molecule has 28 heavy (non-hydrogen) atoms. The first-order valence-electron chi connectivity index (χ1n) is 8.86. The Kier molecular flexibility index (Phi) is 7.48. The molecule has 0 aromatic heterocycles. The third-order valence-electron chi connectivity index (χ3n) is 4.11. The number of ether oxygens (including phenoxy) is 1. The molecule has 0 aliphatic carbocycles. The Bertz CT molecular complexity index is 867. The monoisotopic (exact) mass is 518 g/mol. The van der Waals surface area contributed by atoms with Crippen LogP contribution in [0.25, 0.3) is 0 Å². The van der Waals surface area contributed by atoms with Gasteiger partial charge in [-0.2, -0.15) is 0 Å². The zero-order valence-corrected chi connectivity index (χ0v) is 19.3. The number of benzene rings is 3. The van der Waals surface area contributed by atoms with Gasteiger partial charge in [0.1, 0.15) is 5.75 Å². The van der Waals surface area contributed by atoms with Crippen LogP contribution in [-0.2, 0) is 0 Å². The molecular formula is C22H20Br2N2OS. The Morgan fingerprint density at radius 1 is 0.857 bits per heavy atom. The summed E-state index contributed by atoms with van der Waals surface area (Å²) in [4.78, 5) is 0. The maximum absolute atomic E-state index is 5.58. The Hall–Kier alpha value is -1.89. The van der Waals surface area contributed by atoms with Gasteiger partial charge in [-0.05, 0) is 78.8 Å². The number of rotatable bonds is 6. The van der Waals surface area contributed by atoms with E-state index in [2.05, 4.69) is 66.8 Å². The first-order valence-corrected chi connectivity index (χ1v) is 10.9. The number of nitrogens with one attached hydrogen (secondary N) is 2. The summed E-state index contributed by atoms with van der Waals surface area (Å²) in [5.74, 6) is 0.842. The predicted octanol–water partition coefficient (Wildman–Crippen LogP) is 6.69. The lowest BCUT2D eigenvalue weighted by Crippen LogP contribution is -2.33. The maximum atomic E-state index is 5.58. The summed E-state index contributed by atoms with van der Waals surface area (Å²) in [6.07, 6.45) is 0. The minimum Gasteiger partial charge on any atom is -0.494 e. The zero-order valence-electron chi connectivity index (χ0n) is 15.3. The quantitative estimate of drug-likeness (QED) is 0.355. The lowest BCUT2D eigenvalue weighted by molar-refractivity contribution is 0.340. The maximum Gasteiger partial charge on any atom is 0.171 e. The summed E-state index contributed by atoms with van der Waals surface area (Å²) >= 11 is 12.6. The number of hydrogen-bond donors (Lipinski definition) is 2. The Morgan fingerprint density at radius 3 is 1.82 bits per heavy atom. The van der Waals surface area contributed by atoms with E-state index in [-0.39, 0.29) is 6.04 Å². The number of hydrogen-bond acceptors (Lipinski definition) is 2. The molecule has 0 saturated carbocycles. The van der Waals surface area contributed by atoms with Crippen molar-refractivity contribution in [1.29, 1.82) is 0 Å². The molecule has 0 bridgehead atoms. The fourth-order valence-corrected chi connectivity index (χ4v) is 3.53. The van der Waals surface area contributed by atoms with Crippen LogP contribution in [0.3, 0.4) is 0 Å². The Labute approximate surface area is 187 Å². The van der Waals surface area contributed by atoms with Crippen LogP contribution in [0.1, 0.15) is 24.1 Å². The molecule has 3 rings (SSSR count). The predicted molar refractivity (Wildman–Crippen MR) is 127 cm³/mol. The fraction of sp³-hybridized carbons (Fsp3) is 0.136. The second-order valence-electron chi connectivity index (χ2n) is 6.09. The van der Waals surface area contributed by atoms with Crippen molar-refractivity contribution in [3.63, 3.8) is 0 Å². The van der Waals surface area contributed by atoms with Gasteiger partial charge in [-0.25, -0.2) is 0 Å². The van der Waals surface area contributed by atoms with Gasteiger partial charge in [-0.1, -0.05) is 56.1 Å². The number of halogens is 2. The summed E-state index contributed by atoms with van der Waals surface area (Å²) in [5.41, 5.74) is 3.16. The first kappa shape index (κ1) is 20.8. The zero-order chi connectivity index (χ0) is 19.9. The average molecular weight is 520 g/mol. The fourth-order valence-electron chi connectivity index (χ4n) is 2.77. The standard InChI is InChI=1S/C22H20Br2N2OS/c1-2-27-20-13-11-19(12-14-20)25-22(28)26-21(15-3-7-17(23)8-4-15)16-5-9-18(24)10-6-16/h3-14,21H,2H2,1H3,(H2,25,26,28). The lowest BCUT2D eigenvalue weighted by Gasteiger charge is -2.22. The SMILES string of the molecule is CCOc1ccc(NC(=S)NC(c2ccc(Br)cc2)c2ccc(Br)cc2)cc1. The highest BCUT2D eigenvalue weighted by molar-refractivity contribution is 9.10. The molecule has 0 aliphatic heterocycles. The first-order chi connectivity index (χ1) is 13.5. The summed E-state index contributed by atoms with van der Waals surface area (Å²) in [6.45, 7) is 2.62. The van der Waals surface area contributed by atoms with Crippen LogP contribution in [0, 0.1) is 0 Å². The van der Waals surface area contributed by atoms with Gasteiger partial charge in [0, 0.05) is 14.6 Å². The van der Waals surface area contributed by atoms with Crippen molar-refractivity contribution >= 4 is 54.9 Å². The summed E-state index contributed by atoms with van der Waals surface area (Å²) in [7, 11) is 0. The van der Waals surface area contributed by atoms with Crippen LogP contribution in [0.15, 0.2) is 81.7 Å². The molecule has 3 nitrogen and oxygen atoms in total. The molecule has 0 saturated heterocycles. The number of thiocarbonyl (C=S) groups is 1. The van der Waals surface area contributed by atoms with E-state index >= 15 is 0 Å². The van der Waals surface area contributed by atoms with E-state index in [1.54, 1.807) is 0 Å². The van der Waals surface area contributed by atoms with Gasteiger partial charge in [-0.15, -0.1) is 0 Å². The van der Waals surface area contributed by atoms with Crippen LogP contribution in [0.4, 0.5) is 5.69 Å². The Balaban J connectivity index is 1.77. The van der Waals surface area contributed by atoms with Crippen LogP contribution in [0.5, 0.6) is 5.75 Å². The molecule has 144 valence electrons. The molecule has 0 spiro atoms. The van der Waals surface area contributed by atoms with Gasteiger partial charge in [-0.3, -0.25) is 0 Å². The van der Waals surface area contributed by atoms with Gasteiger partial charge in [0.05, 0.1) is 12.6 Å². The lowest BCUT2D eigenvalue weighted by atomic mass is 9.99. The van der Waals surface area contributed by atoms with Crippen molar-refractivity contribution < 1.29 is 4.74 Å². The molecule has 3 aromatic carbocycles. The van der Waals surface area contributed by atoms with Crippen molar-refractivity contribution in [2.75, 3.05) is 11.9 Å². The minimum atomic E-state index is -0.0658. The van der Waals surface area contributed by atoms with Gasteiger partial charge in [0.2, 0.25) is 0 Å². The van der Waals surface area contributed by atoms with E-state index in [0.29, 0.717) is 11.7 Å². The van der Waals surface area contributed by atoms with E-state index in [0.717, 1.165) is 31.5 Å². The second kappa shape index (κ2) is 10.0. The van der Waals surface area contributed by atoms with Gasteiger partial charge in [0.25, 0.3) is 0 Å². The molecular weight excluding hydrogens is 500 g/mol. The van der Waals surface area contributed by atoms with Crippen molar-refractivity contribution in [3.05, 3.63) is 92.9 Å². The van der Waals surface area contributed by atoms with Crippen LogP contribution >= 0.6 is 44.1 Å². The molecule has 0 aliphatic rings. The highest BCUT2D eigenvalue weighted by Gasteiger charge is 2.15. The van der Waals surface area contributed by atoms with Crippen molar-refractivity contribution in [3.8, 4) is 5.75 Å². The number of anilines is 1. The van der Waals surface area contributed by atoms with Crippen LogP contribution in [0.2, 0.25) is 0 Å². The highest BCUT2D eigenvalue weighted by Crippen LogP contribution is 2.25.